The Hall–Kier alpha value is -3.55. The van der Waals surface area contributed by atoms with E-state index in [1.165, 1.54) is 31.4 Å². The lowest BCUT2D eigenvalue weighted by molar-refractivity contribution is -0.145. The van der Waals surface area contributed by atoms with Crippen LogP contribution in [0.3, 0.4) is 0 Å². The van der Waals surface area contributed by atoms with Crippen molar-refractivity contribution in [1.29, 1.82) is 0 Å². The molecule has 3 rings (SSSR count). The van der Waals surface area contributed by atoms with Gasteiger partial charge in [-0.1, -0.05) is 0 Å². The Labute approximate surface area is 159 Å². The monoisotopic (exact) mass is 386 g/mol. The first kappa shape index (κ1) is 19.2. The minimum absolute atomic E-state index is 0.0147. The fourth-order valence-electron chi connectivity index (χ4n) is 2.69. The van der Waals surface area contributed by atoms with Crippen molar-refractivity contribution in [2.24, 2.45) is 0 Å². The second-order valence-corrected chi connectivity index (χ2v) is 5.77. The van der Waals surface area contributed by atoms with E-state index in [1.807, 2.05) is 0 Å². The minimum Gasteiger partial charge on any atom is -0.482 e. The molecule has 28 heavy (non-hydrogen) atoms. The normalized spacial score (nSPS) is 10.7. The standard InChI is InChI=1S/C20H18O8/c1-4-25-17(21)10-26-12-5-6-13-16(9-12)27-11(2)18(19(13)22)14-7-8-15(28-14)20(23)24-3/h5-9H,4,10H2,1-3H3. The number of hydrogen-bond acceptors (Lipinski definition) is 8. The van der Waals surface area contributed by atoms with Gasteiger partial charge < -0.3 is 23.0 Å². The zero-order valence-corrected chi connectivity index (χ0v) is 15.6. The molecule has 2 heterocycles. The molecule has 8 heteroatoms. The average Bonchev–Trinajstić information content (AvgIpc) is 3.15. The molecular weight excluding hydrogens is 368 g/mol. The lowest BCUT2D eigenvalue weighted by atomic mass is 10.1. The fraction of sp³-hybridized carbons (Fsp3) is 0.250. The maximum absolute atomic E-state index is 12.9. The van der Waals surface area contributed by atoms with Crippen LogP contribution >= 0.6 is 0 Å². The first-order valence-corrected chi connectivity index (χ1v) is 8.49. The predicted octanol–water partition coefficient (Wildman–Crippen LogP) is 3.09. The summed E-state index contributed by atoms with van der Waals surface area (Å²) >= 11 is 0. The predicted molar refractivity (Wildman–Crippen MR) is 98.4 cm³/mol. The Kier molecular flexibility index (Phi) is 5.49. The average molecular weight is 386 g/mol. The van der Waals surface area contributed by atoms with Gasteiger partial charge in [0, 0.05) is 6.07 Å². The summed E-state index contributed by atoms with van der Waals surface area (Å²) in [6.45, 7) is 3.34. The molecule has 0 aliphatic carbocycles. The van der Waals surface area contributed by atoms with Crippen molar-refractivity contribution in [2.75, 3.05) is 20.3 Å². The van der Waals surface area contributed by atoms with E-state index in [0.29, 0.717) is 22.5 Å². The highest BCUT2D eigenvalue weighted by Gasteiger charge is 2.19. The number of esters is 2. The maximum Gasteiger partial charge on any atom is 0.373 e. The van der Waals surface area contributed by atoms with Crippen LogP contribution < -0.4 is 10.2 Å². The Morgan fingerprint density at radius 2 is 1.89 bits per heavy atom. The van der Waals surface area contributed by atoms with Crippen molar-refractivity contribution in [3.8, 4) is 17.1 Å². The Morgan fingerprint density at radius 1 is 1.11 bits per heavy atom. The molecule has 0 fully saturated rings. The fourth-order valence-corrected chi connectivity index (χ4v) is 2.69. The van der Waals surface area contributed by atoms with Crippen LogP contribution in [0.4, 0.5) is 0 Å². The summed E-state index contributed by atoms with van der Waals surface area (Å²) in [5, 5.41) is 0.306. The van der Waals surface area contributed by atoms with Gasteiger partial charge in [-0.3, -0.25) is 4.79 Å². The van der Waals surface area contributed by atoms with Gasteiger partial charge in [-0.25, -0.2) is 9.59 Å². The van der Waals surface area contributed by atoms with Crippen LogP contribution in [0.5, 0.6) is 5.75 Å². The van der Waals surface area contributed by atoms with E-state index < -0.39 is 11.9 Å². The van der Waals surface area contributed by atoms with Crippen LogP contribution in [-0.2, 0) is 14.3 Å². The zero-order valence-electron chi connectivity index (χ0n) is 15.6. The number of carbonyl (C=O) groups excluding carboxylic acids is 2. The lowest BCUT2D eigenvalue weighted by Crippen LogP contribution is -2.14. The molecule has 0 aliphatic rings. The van der Waals surface area contributed by atoms with Gasteiger partial charge >= 0.3 is 11.9 Å². The number of furan rings is 1. The molecule has 146 valence electrons. The Bertz CT molecular complexity index is 1090. The van der Waals surface area contributed by atoms with Gasteiger partial charge in [-0.2, -0.15) is 0 Å². The van der Waals surface area contributed by atoms with Crippen molar-refractivity contribution in [3.05, 3.63) is 52.1 Å². The molecule has 0 unspecified atom stereocenters. The second-order valence-electron chi connectivity index (χ2n) is 5.77. The molecule has 3 aromatic rings. The number of hydrogen-bond donors (Lipinski definition) is 0. The van der Waals surface area contributed by atoms with Gasteiger partial charge in [0.1, 0.15) is 28.4 Å². The molecular formula is C20H18O8. The van der Waals surface area contributed by atoms with Crippen molar-refractivity contribution >= 4 is 22.9 Å². The highest BCUT2D eigenvalue weighted by Crippen LogP contribution is 2.27. The number of ether oxygens (including phenoxy) is 3. The number of carbonyl (C=O) groups is 2. The van der Waals surface area contributed by atoms with Gasteiger partial charge in [-0.15, -0.1) is 0 Å². The summed E-state index contributed by atoms with van der Waals surface area (Å²) in [5.74, 6) is -0.268. The van der Waals surface area contributed by atoms with Crippen LogP contribution in [0.15, 0.2) is 44.0 Å². The van der Waals surface area contributed by atoms with E-state index in [0.717, 1.165) is 0 Å². The van der Waals surface area contributed by atoms with Crippen LogP contribution in [0.25, 0.3) is 22.3 Å². The van der Waals surface area contributed by atoms with Crippen LogP contribution in [0.1, 0.15) is 23.2 Å². The van der Waals surface area contributed by atoms with Crippen molar-refractivity contribution < 1.29 is 32.6 Å². The van der Waals surface area contributed by atoms with E-state index in [1.54, 1.807) is 19.9 Å². The third kappa shape index (κ3) is 3.75. The lowest BCUT2D eigenvalue weighted by Gasteiger charge is -2.08. The SMILES string of the molecule is CCOC(=O)COc1ccc2c(=O)c(-c3ccc(C(=O)OC)o3)c(C)oc2c1. The minimum atomic E-state index is -0.641. The van der Waals surface area contributed by atoms with Gasteiger partial charge in [0.2, 0.25) is 11.2 Å². The number of benzene rings is 1. The second kappa shape index (κ2) is 7.99. The number of rotatable bonds is 6. The third-order valence-electron chi connectivity index (χ3n) is 3.94. The molecule has 0 saturated heterocycles. The van der Waals surface area contributed by atoms with E-state index in [9.17, 15) is 14.4 Å². The molecule has 2 aromatic heterocycles. The molecule has 0 N–H and O–H groups in total. The van der Waals surface area contributed by atoms with Gasteiger partial charge in [-0.05, 0) is 38.1 Å². The van der Waals surface area contributed by atoms with Crippen molar-refractivity contribution in [1.82, 2.24) is 0 Å². The number of aryl methyl sites for hydroxylation is 1. The molecule has 0 atom stereocenters. The summed E-state index contributed by atoms with van der Waals surface area (Å²) in [4.78, 5) is 35.9. The first-order valence-electron chi connectivity index (χ1n) is 8.49. The molecule has 0 spiro atoms. The maximum atomic E-state index is 12.9. The van der Waals surface area contributed by atoms with E-state index in [2.05, 4.69) is 4.74 Å². The first-order chi connectivity index (χ1) is 13.4. The summed E-state index contributed by atoms with van der Waals surface area (Å²) in [7, 11) is 1.24. The van der Waals surface area contributed by atoms with Crippen molar-refractivity contribution in [3.63, 3.8) is 0 Å². The highest BCUT2D eigenvalue weighted by molar-refractivity contribution is 5.88. The van der Waals surface area contributed by atoms with Gasteiger partial charge in [0.15, 0.2) is 6.61 Å². The third-order valence-corrected chi connectivity index (χ3v) is 3.94. The molecule has 0 amide bonds. The smallest absolute Gasteiger partial charge is 0.373 e. The summed E-state index contributed by atoms with van der Waals surface area (Å²) < 4.78 is 25.9. The van der Waals surface area contributed by atoms with E-state index in [4.69, 9.17) is 18.3 Å². The number of fused-ring (bicyclic) bond motifs is 1. The van der Waals surface area contributed by atoms with Crippen LogP contribution in [0.2, 0.25) is 0 Å². The topological polar surface area (TPSA) is 105 Å². The van der Waals surface area contributed by atoms with Crippen LogP contribution in [-0.4, -0.2) is 32.3 Å². The summed E-state index contributed by atoms with van der Waals surface area (Å²) in [6, 6.07) is 7.55. The van der Waals surface area contributed by atoms with E-state index >= 15 is 0 Å². The highest BCUT2D eigenvalue weighted by atomic mass is 16.6. The van der Waals surface area contributed by atoms with Crippen LogP contribution in [0, 0.1) is 6.92 Å². The number of methoxy groups -OCH3 is 1. The Balaban J connectivity index is 1.96. The van der Waals surface area contributed by atoms with E-state index in [-0.39, 0.29) is 35.7 Å². The molecule has 8 nitrogen and oxygen atoms in total. The zero-order chi connectivity index (χ0) is 20.3. The quantitative estimate of drug-likeness (QED) is 0.595. The molecule has 0 saturated carbocycles. The molecule has 0 radical (unpaired) electrons. The van der Waals surface area contributed by atoms with Crippen molar-refractivity contribution in [2.45, 2.75) is 13.8 Å². The molecule has 0 bridgehead atoms. The van der Waals surface area contributed by atoms with Gasteiger partial charge in [0.05, 0.1) is 19.1 Å². The summed E-state index contributed by atoms with van der Waals surface area (Å²) in [5.41, 5.74) is 0.191. The van der Waals surface area contributed by atoms with Gasteiger partial charge in [0.25, 0.3) is 0 Å². The Morgan fingerprint density at radius 3 is 2.61 bits per heavy atom. The summed E-state index contributed by atoms with van der Waals surface area (Å²) in [6.07, 6.45) is 0. The largest absolute Gasteiger partial charge is 0.482 e. The molecule has 1 aromatic carbocycles. The molecule has 0 aliphatic heterocycles.